The lowest BCUT2D eigenvalue weighted by Gasteiger charge is -2.29. The number of morpholine rings is 1. The molecule has 0 aliphatic carbocycles. The molecule has 0 bridgehead atoms. The summed E-state index contributed by atoms with van der Waals surface area (Å²) in [6, 6.07) is 22.6. The van der Waals surface area contributed by atoms with Gasteiger partial charge in [0.2, 0.25) is 0 Å². The van der Waals surface area contributed by atoms with Gasteiger partial charge in [-0.15, -0.1) is 0 Å². The lowest BCUT2D eigenvalue weighted by molar-refractivity contribution is 0.0940. The predicted molar refractivity (Wildman–Crippen MR) is 138 cm³/mol. The Morgan fingerprint density at radius 1 is 0.943 bits per heavy atom. The molecule has 178 valence electrons. The molecule has 1 amide bonds. The van der Waals surface area contributed by atoms with Gasteiger partial charge in [0.15, 0.2) is 11.0 Å². The van der Waals surface area contributed by atoms with Gasteiger partial charge in [0.1, 0.15) is 5.76 Å². The molecular formula is C29H28N2O4. The Bertz CT molecular complexity index is 1400. The Kier molecular flexibility index (Phi) is 6.38. The van der Waals surface area contributed by atoms with Crippen LogP contribution in [0.5, 0.6) is 0 Å². The van der Waals surface area contributed by atoms with E-state index in [1.165, 1.54) is 0 Å². The third kappa shape index (κ3) is 4.57. The van der Waals surface area contributed by atoms with E-state index in [0.29, 0.717) is 27.9 Å². The van der Waals surface area contributed by atoms with Crippen molar-refractivity contribution in [2.24, 2.45) is 0 Å². The molecule has 1 aromatic heterocycles. The van der Waals surface area contributed by atoms with Gasteiger partial charge in [-0.25, -0.2) is 0 Å². The molecule has 1 atom stereocenters. The fourth-order valence-electron chi connectivity index (χ4n) is 4.51. The third-order valence-electron chi connectivity index (χ3n) is 6.54. The van der Waals surface area contributed by atoms with Crippen molar-refractivity contribution < 1.29 is 13.9 Å². The molecule has 0 spiro atoms. The minimum absolute atomic E-state index is 0.133. The average Bonchev–Trinajstić information content (AvgIpc) is 2.91. The largest absolute Gasteiger partial charge is 0.455 e. The second-order valence-electron chi connectivity index (χ2n) is 8.82. The van der Waals surface area contributed by atoms with Crippen LogP contribution in [0, 0.1) is 6.92 Å². The molecule has 1 fully saturated rings. The van der Waals surface area contributed by atoms with Crippen LogP contribution in [0.15, 0.2) is 82.0 Å². The summed E-state index contributed by atoms with van der Waals surface area (Å²) in [4.78, 5) is 28.7. The molecule has 1 unspecified atom stereocenters. The normalized spacial score (nSPS) is 14.6. The fraction of sp³-hybridized carbons (Fsp3) is 0.241. The van der Waals surface area contributed by atoms with Gasteiger partial charge in [0, 0.05) is 29.9 Å². The molecule has 0 radical (unpaired) electrons. The maximum atomic E-state index is 13.3. The zero-order chi connectivity index (χ0) is 24.4. The van der Waals surface area contributed by atoms with Crippen molar-refractivity contribution in [2.75, 3.05) is 31.2 Å². The summed E-state index contributed by atoms with van der Waals surface area (Å²) in [5.74, 6) is 0.196. The van der Waals surface area contributed by atoms with Gasteiger partial charge in [-0.1, -0.05) is 48.5 Å². The van der Waals surface area contributed by atoms with Crippen molar-refractivity contribution in [1.82, 2.24) is 5.32 Å². The zero-order valence-corrected chi connectivity index (χ0v) is 19.9. The van der Waals surface area contributed by atoms with Crippen LogP contribution in [0.2, 0.25) is 0 Å². The van der Waals surface area contributed by atoms with E-state index in [0.717, 1.165) is 43.1 Å². The van der Waals surface area contributed by atoms with Crippen LogP contribution in [0.25, 0.3) is 22.3 Å². The van der Waals surface area contributed by atoms with Gasteiger partial charge >= 0.3 is 0 Å². The summed E-state index contributed by atoms with van der Waals surface area (Å²) in [6.45, 7) is 6.93. The van der Waals surface area contributed by atoms with E-state index < -0.39 is 0 Å². The number of rotatable bonds is 5. The van der Waals surface area contributed by atoms with Crippen LogP contribution in [0.1, 0.15) is 34.5 Å². The highest BCUT2D eigenvalue weighted by Crippen LogP contribution is 2.28. The van der Waals surface area contributed by atoms with Crippen LogP contribution < -0.4 is 15.6 Å². The number of fused-ring (bicyclic) bond motifs is 1. The highest BCUT2D eigenvalue weighted by atomic mass is 16.5. The summed E-state index contributed by atoms with van der Waals surface area (Å²) in [5.41, 5.74) is 3.98. The Hall–Kier alpha value is -3.90. The molecule has 5 rings (SSSR count). The number of benzene rings is 3. The Balaban J connectivity index is 1.42. The lowest BCUT2D eigenvalue weighted by Crippen LogP contribution is -2.36. The van der Waals surface area contributed by atoms with Crippen LogP contribution in [-0.2, 0) is 4.74 Å². The van der Waals surface area contributed by atoms with E-state index in [-0.39, 0.29) is 17.4 Å². The summed E-state index contributed by atoms with van der Waals surface area (Å²) in [5, 5.41) is 3.46. The van der Waals surface area contributed by atoms with E-state index in [2.05, 4.69) is 22.3 Å². The van der Waals surface area contributed by atoms with E-state index in [4.69, 9.17) is 9.15 Å². The monoisotopic (exact) mass is 468 g/mol. The van der Waals surface area contributed by atoms with Gasteiger partial charge in [-0.2, -0.15) is 0 Å². The molecule has 1 N–H and O–H groups in total. The van der Waals surface area contributed by atoms with E-state index in [9.17, 15) is 9.59 Å². The Labute approximate surface area is 204 Å². The van der Waals surface area contributed by atoms with E-state index >= 15 is 0 Å². The maximum absolute atomic E-state index is 13.3. The quantitative estimate of drug-likeness (QED) is 0.441. The Morgan fingerprint density at radius 3 is 2.37 bits per heavy atom. The molecule has 3 aromatic carbocycles. The smallest absolute Gasteiger partial charge is 0.255 e. The number of hydrogen-bond donors (Lipinski definition) is 1. The fourth-order valence-corrected chi connectivity index (χ4v) is 4.51. The van der Waals surface area contributed by atoms with Crippen molar-refractivity contribution in [3.8, 4) is 11.3 Å². The molecule has 6 nitrogen and oxygen atoms in total. The van der Waals surface area contributed by atoms with Gasteiger partial charge in [0.25, 0.3) is 5.91 Å². The number of hydrogen-bond acceptors (Lipinski definition) is 5. The van der Waals surface area contributed by atoms with Gasteiger partial charge < -0.3 is 19.4 Å². The molecule has 6 heteroatoms. The molecule has 4 aromatic rings. The van der Waals surface area contributed by atoms with Crippen LogP contribution in [-0.4, -0.2) is 32.2 Å². The number of ether oxygens (including phenoxy) is 1. The molecule has 0 saturated carbocycles. The first-order chi connectivity index (χ1) is 17.0. The highest BCUT2D eigenvalue weighted by Gasteiger charge is 2.20. The first-order valence-corrected chi connectivity index (χ1v) is 11.9. The van der Waals surface area contributed by atoms with Gasteiger partial charge in [-0.3, -0.25) is 9.59 Å². The van der Waals surface area contributed by atoms with Gasteiger partial charge in [-0.05, 0) is 43.7 Å². The second kappa shape index (κ2) is 9.76. The predicted octanol–water partition coefficient (Wildman–Crippen LogP) is 5.10. The van der Waals surface area contributed by atoms with Crippen molar-refractivity contribution in [2.45, 2.75) is 19.9 Å². The average molecular weight is 469 g/mol. The van der Waals surface area contributed by atoms with Crippen molar-refractivity contribution in [1.29, 1.82) is 0 Å². The van der Waals surface area contributed by atoms with E-state index in [1.54, 1.807) is 25.1 Å². The molecule has 2 heterocycles. The van der Waals surface area contributed by atoms with Crippen molar-refractivity contribution >= 4 is 22.6 Å². The van der Waals surface area contributed by atoms with E-state index in [1.807, 2.05) is 49.4 Å². The first-order valence-electron chi connectivity index (χ1n) is 11.9. The molecule has 1 aliphatic rings. The number of nitrogens with one attached hydrogen (secondary N) is 1. The van der Waals surface area contributed by atoms with Crippen LogP contribution in [0.3, 0.4) is 0 Å². The van der Waals surface area contributed by atoms with Crippen molar-refractivity contribution in [3.63, 3.8) is 0 Å². The minimum Gasteiger partial charge on any atom is -0.455 e. The number of amides is 1. The highest BCUT2D eigenvalue weighted by molar-refractivity contribution is 6.05. The number of carbonyl (C=O) groups is 1. The molecule has 1 saturated heterocycles. The maximum Gasteiger partial charge on any atom is 0.255 e. The SMILES string of the molecule is Cc1c(-c2ccccc2)oc2c(C(=O)NC(C)c3ccc(N4CCOCC4)cc3)cccc2c1=O. The summed E-state index contributed by atoms with van der Waals surface area (Å²) in [6.07, 6.45) is 0. The molecule has 35 heavy (non-hydrogen) atoms. The van der Waals surface area contributed by atoms with Crippen LogP contribution >= 0.6 is 0 Å². The second-order valence-corrected chi connectivity index (χ2v) is 8.82. The third-order valence-corrected chi connectivity index (χ3v) is 6.54. The number of anilines is 1. The summed E-state index contributed by atoms with van der Waals surface area (Å²) in [7, 11) is 0. The standard InChI is InChI=1S/C29H28N2O4/c1-19-26(32)24-9-6-10-25(28(24)35-27(19)22-7-4-3-5-8-22)29(33)30-20(2)21-11-13-23(14-12-21)31-15-17-34-18-16-31/h3-14,20H,15-18H2,1-2H3,(H,30,33). The lowest BCUT2D eigenvalue weighted by atomic mass is 10.0. The topological polar surface area (TPSA) is 71.8 Å². The number of carbonyl (C=O) groups excluding carboxylic acids is 1. The number of para-hydroxylation sites is 1. The first kappa shape index (κ1) is 22.9. The van der Waals surface area contributed by atoms with Gasteiger partial charge in [0.05, 0.1) is 30.2 Å². The molecular weight excluding hydrogens is 440 g/mol. The zero-order valence-electron chi connectivity index (χ0n) is 19.9. The summed E-state index contributed by atoms with van der Waals surface area (Å²) < 4.78 is 11.6. The minimum atomic E-state index is -0.286. The number of nitrogens with zero attached hydrogens (tertiary/aromatic N) is 1. The van der Waals surface area contributed by atoms with Crippen molar-refractivity contribution in [3.05, 3.63) is 99.7 Å². The summed E-state index contributed by atoms with van der Waals surface area (Å²) >= 11 is 0. The molecule has 1 aliphatic heterocycles. The Morgan fingerprint density at radius 2 is 1.66 bits per heavy atom. The van der Waals surface area contributed by atoms with Crippen LogP contribution in [0.4, 0.5) is 5.69 Å².